The second-order valence-electron chi connectivity index (χ2n) is 1.77. The van der Waals surface area contributed by atoms with Crippen molar-refractivity contribution in [3.63, 3.8) is 0 Å². The third-order valence-corrected chi connectivity index (χ3v) is 0.366. The van der Waals surface area contributed by atoms with Crippen LogP contribution in [0.5, 0.6) is 0 Å². The minimum Gasteiger partial charge on any atom is -0.832 e. The average molecular weight is 289 g/mol. The van der Waals surface area contributed by atoms with Crippen molar-refractivity contribution in [1.82, 2.24) is 0 Å². The first kappa shape index (κ1) is 30.7. The van der Waals surface area contributed by atoms with E-state index in [4.69, 9.17) is 59.9 Å². The molecule has 6 N–H and O–H groups in total. The van der Waals surface area contributed by atoms with Crippen LogP contribution in [0.2, 0.25) is 0 Å². The molecule has 14 heteroatoms. The smallest absolute Gasteiger partial charge is 0.832 e. The largest absolute Gasteiger partial charge is 1.00 e. The van der Waals surface area contributed by atoms with E-state index in [1.54, 1.807) is 6.07 Å². The normalized spacial score (nSPS) is 6.15. The Hall–Kier alpha value is -2.09. The molecule has 0 atom stereocenters. The van der Waals surface area contributed by atoms with Crippen LogP contribution in [0.25, 0.3) is 0 Å². The molecule has 0 aliphatic heterocycles. The summed E-state index contributed by atoms with van der Waals surface area (Å²) in [7, 11) is -2.42. The molecule has 0 aromatic rings. The molecule has 0 fully saturated rings. The van der Waals surface area contributed by atoms with Gasteiger partial charge < -0.3 is 35.5 Å². The van der Waals surface area contributed by atoms with Crippen LogP contribution in [0.4, 0.5) is 0 Å². The molecule has 0 aliphatic carbocycles. The van der Waals surface area contributed by atoms with Gasteiger partial charge in [0, 0.05) is 6.92 Å². The Morgan fingerprint density at radius 2 is 0.950 bits per heavy atom. The van der Waals surface area contributed by atoms with Crippen molar-refractivity contribution in [1.29, 1.82) is 5.26 Å². The van der Waals surface area contributed by atoms with E-state index in [9.17, 15) is 0 Å². The maximum absolute atomic E-state index is 9.10. The van der Waals surface area contributed by atoms with Crippen LogP contribution in [0.15, 0.2) is 0 Å². The van der Waals surface area contributed by atoms with Crippen molar-refractivity contribution < 1.29 is 73.5 Å². The monoisotopic (exact) mass is 289 g/mol. The second-order valence-corrected chi connectivity index (χ2v) is 1.77. The van der Waals surface area contributed by atoms with Crippen LogP contribution in [0.1, 0.15) is 6.92 Å². The summed E-state index contributed by atoms with van der Waals surface area (Å²) in [5, 5.41) is 59.6. The van der Waals surface area contributed by atoms with Gasteiger partial charge in [-0.15, -0.1) is 0 Å². The molecule has 0 aromatic heterocycles. The molecular formula is C6H9BLiNO11. The van der Waals surface area contributed by atoms with Crippen LogP contribution < -0.4 is 23.9 Å². The van der Waals surface area contributed by atoms with E-state index in [1.165, 1.54) is 6.92 Å². The van der Waals surface area contributed by atoms with Gasteiger partial charge in [-0.05, 0) is 0 Å². The molecule has 0 aliphatic rings. The number of carboxylic acid groups (broad SMARTS) is 4. The molecule has 108 valence electrons. The van der Waals surface area contributed by atoms with Crippen LogP contribution in [0, 0.1) is 11.3 Å². The average Bonchev–Trinajstić information content (AvgIpc) is 2.18. The number of hydrogen-bond donors (Lipinski definition) is 6. The first-order chi connectivity index (χ1) is 8.43. The zero-order chi connectivity index (χ0) is 16.6. The minimum atomic E-state index is -2.42. The zero-order valence-electron chi connectivity index (χ0n) is 10.2. The summed E-state index contributed by atoms with van der Waals surface area (Å²) < 4.78 is 0. The van der Waals surface area contributed by atoms with Gasteiger partial charge in [0.05, 0.1) is 6.07 Å². The number of hydrogen-bond acceptors (Lipinski definition) is 8. The Balaban J connectivity index is -0.0000000510. The fourth-order valence-electron chi connectivity index (χ4n) is 0. The fourth-order valence-corrected chi connectivity index (χ4v) is 0. The number of aliphatic carboxylic acids is 4. The van der Waals surface area contributed by atoms with Gasteiger partial charge in [-0.3, -0.25) is 0 Å². The number of nitrogens with zero attached hydrogens (tertiary/aromatic N) is 1. The maximum atomic E-state index is 9.10. The van der Waals surface area contributed by atoms with Crippen LogP contribution in [0.3, 0.4) is 0 Å². The van der Waals surface area contributed by atoms with Gasteiger partial charge in [0.2, 0.25) is 0 Å². The number of carbonyl (C=O) groups is 4. The van der Waals surface area contributed by atoms with Crippen molar-refractivity contribution in [3.05, 3.63) is 0 Å². The standard InChI is InChI=1S/C2H3N.2C2H2O4.BH2O3.Li/c1-2-3;2*3-1(4)2(5)6;2-1(3)4;/h1H3;2*(H,3,4)(H,5,6);2-3H;/q;;;-1;+1. The van der Waals surface area contributed by atoms with Crippen LogP contribution >= 0.6 is 0 Å². The summed E-state index contributed by atoms with van der Waals surface area (Å²) in [5.74, 6) is -7.30. The van der Waals surface area contributed by atoms with E-state index in [0.29, 0.717) is 0 Å². The van der Waals surface area contributed by atoms with Gasteiger partial charge in [-0.2, -0.15) is 5.26 Å². The molecule has 0 amide bonds. The van der Waals surface area contributed by atoms with E-state index < -0.39 is 31.2 Å². The van der Waals surface area contributed by atoms with E-state index >= 15 is 0 Å². The van der Waals surface area contributed by atoms with Crippen molar-refractivity contribution in [2.24, 2.45) is 0 Å². The first-order valence-corrected chi connectivity index (χ1v) is 3.69. The Labute approximate surface area is 123 Å². The topological polar surface area (TPSA) is 237 Å². The molecule has 0 heterocycles. The van der Waals surface area contributed by atoms with Gasteiger partial charge in [0.15, 0.2) is 0 Å². The first-order valence-electron chi connectivity index (χ1n) is 3.69. The van der Waals surface area contributed by atoms with Gasteiger partial charge in [0.25, 0.3) is 0 Å². The summed E-state index contributed by atoms with van der Waals surface area (Å²) in [6, 6.07) is 1.75. The van der Waals surface area contributed by atoms with Crippen LogP contribution in [-0.4, -0.2) is 61.7 Å². The van der Waals surface area contributed by atoms with Crippen LogP contribution in [-0.2, 0) is 19.2 Å². The maximum Gasteiger partial charge on any atom is 1.00 e. The predicted octanol–water partition coefficient (Wildman–Crippen LogP) is -6.84. The molecule has 0 unspecified atom stereocenters. The van der Waals surface area contributed by atoms with Crippen molar-refractivity contribution in [2.75, 3.05) is 0 Å². The fraction of sp³-hybridized carbons (Fsp3) is 0.167. The summed E-state index contributed by atoms with van der Waals surface area (Å²) in [6.45, 7) is 1.43. The molecule has 0 radical (unpaired) electrons. The Bertz CT molecular complexity index is 288. The molecule has 12 nitrogen and oxygen atoms in total. The SMILES string of the molecule is CC#N.O=C(O)C(=O)O.O=C(O)C(=O)O.[Li+].[O-]B(O)O. The molecule has 0 spiro atoms. The number of rotatable bonds is 0. The van der Waals surface area contributed by atoms with E-state index in [0.717, 1.165) is 0 Å². The van der Waals surface area contributed by atoms with Gasteiger partial charge in [-0.25, -0.2) is 19.2 Å². The summed E-state index contributed by atoms with van der Waals surface area (Å²) in [4.78, 5) is 36.4. The summed E-state index contributed by atoms with van der Waals surface area (Å²) >= 11 is 0. The molecule has 0 saturated heterocycles. The van der Waals surface area contributed by atoms with E-state index in [-0.39, 0.29) is 18.9 Å². The molecule has 0 saturated carbocycles. The third-order valence-electron chi connectivity index (χ3n) is 0.366. The number of carboxylic acids is 4. The van der Waals surface area contributed by atoms with Crippen molar-refractivity contribution in [2.45, 2.75) is 6.92 Å². The second kappa shape index (κ2) is 22.1. The van der Waals surface area contributed by atoms with Crippen molar-refractivity contribution in [3.8, 4) is 6.07 Å². The molecule has 20 heavy (non-hydrogen) atoms. The Morgan fingerprint density at radius 1 is 0.900 bits per heavy atom. The number of nitriles is 1. The van der Waals surface area contributed by atoms with Gasteiger partial charge in [0.1, 0.15) is 0 Å². The molecular weight excluding hydrogens is 280 g/mol. The van der Waals surface area contributed by atoms with Gasteiger partial charge in [-0.1, -0.05) is 0 Å². The zero-order valence-corrected chi connectivity index (χ0v) is 10.2. The molecule has 0 aromatic carbocycles. The molecule has 0 bridgehead atoms. The van der Waals surface area contributed by atoms with E-state index in [1.807, 2.05) is 0 Å². The third kappa shape index (κ3) is 101. The predicted molar refractivity (Wildman–Crippen MR) is 52.0 cm³/mol. The van der Waals surface area contributed by atoms with E-state index in [2.05, 4.69) is 0 Å². The Morgan fingerprint density at radius 3 is 0.950 bits per heavy atom. The minimum absolute atomic E-state index is 0. The summed E-state index contributed by atoms with van der Waals surface area (Å²) in [5.41, 5.74) is 0. The van der Waals surface area contributed by atoms with Gasteiger partial charge >= 0.3 is 50.1 Å². The van der Waals surface area contributed by atoms with Crippen molar-refractivity contribution >= 4 is 31.2 Å². The molecule has 0 rings (SSSR count). The quantitative estimate of drug-likeness (QED) is 0.180. The summed E-state index contributed by atoms with van der Waals surface area (Å²) in [6.07, 6.45) is 0. The Kier molecular flexibility index (Phi) is 34.0.